The number of carbonyl (C=O) groups is 1. The van der Waals surface area contributed by atoms with Gasteiger partial charge in [0.15, 0.2) is 6.61 Å². The lowest BCUT2D eigenvalue weighted by Crippen LogP contribution is -2.20. The summed E-state index contributed by atoms with van der Waals surface area (Å²) in [4.78, 5) is 17.0. The highest BCUT2D eigenvalue weighted by molar-refractivity contribution is 7.13. The molecule has 0 aliphatic rings. The van der Waals surface area contributed by atoms with Crippen LogP contribution >= 0.6 is 34.5 Å². The van der Waals surface area contributed by atoms with Gasteiger partial charge in [-0.25, -0.2) is 4.98 Å². The van der Waals surface area contributed by atoms with Crippen LogP contribution in [0.4, 0.5) is 5.69 Å². The van der Waals surface area contributed by atoms with Crippen molar-refractivity contribution in [3.05, 3.63) is 88.2 Å². The average Bonchev–Trinajstić information content (AvgIpc) is 3.24. The molecule has 0 saturated heterocycles. The maximum absolute atomic E-state index is 12.3. The number of thiazole rings is 1. The Morgan fingerprint density at radius 2 is 1.77 bits per heavy atom. The molecule has 1 amide bonds. The summed E-state index contributed by atoms with van der Waals surface area (Å²) in [6.45, 7) is -0.166. The Balaban J connectivity index is 1.42. The van der Waals surface area contributed by atoms with Gasteiger partial charge in [0, 0.05) is 27.2 Å². The van der Waals surface area contributed by atoms with E-state index in [1.54, 1.807) is 29.5 Å². The van der Waals surface area contributed by atoms with Crippen LogP contribution in [0.5, 0.6) is 5.75 Å². The Morgan fingerprint density at radius 3 is 2.57 bits per heavy atom. The minimum absolute atomic E-state index is 0.166. The van der Waals surface area contributed by atoms with Crippen molar-refractivity contribution < 1.29 is 9.53 Å². The Morgan fingerprint density at radius 1 is 0.967 bits per heavy atom. The third kappa shape index (κ3) is 5.00. The fourth-order valence-electron chi connectivity index (χ4n) is 2.81. The maximum Gasteiger partial charge on any atom is 0.262 e. The number of anilines is 1. The van der Waals surface area contributed by atoms with Crippen LogP contribution in [0.1, 0.15) is 0 Å². The number of benzene rings is 3. The Hall–Kier alpha value is -2.86. The SMILES string of the molecule is O=C(COc1ccc(Cl)cc1Cl)Nc1cccc(-c2csc(-c3ccccc3)n2)c1. The molecule has 4 nitrogen and oxygen atoms in total. The first-order valence-corrected chi connectivity index (χ1v) is 10.7. The van der Waals surface area contributed by atoms with Crippen LogP contribution in [0, 0.1) is 0 Å². The van der Waals surface area contributed by atoms with Crippen molar-refractivity contribution in [3.8, 4) is 27.6 Å². The molecule has 0 aliphatic carbocycles. The summed E-state index contributed by atoms with van der Waals surface area (Å²) in [6.07, 6.45) is 0. The van der Waals surface area contributed by atoms with Crippen LogP contribution in [0.3, 0.4) is 0 Å². The summed E-state index contributed by atoms with van der Waals surface area (Å²) in [7, 11) is 0. The number of nitrogens with one attached hydrogen (secondary N) is 1. The molecule has 150 valence electrons. The van der Waals surface area contributed by atoms with E-state index in [-0.39, 0.29) is 12.5 Å². The van der Waals surface area contributed by atoms with Gasteiger partial charge in [-0.2, -0.15) is 0 Å². The van der Waals surface area contributed by atoms with Crippen molar-refractivity contribution in [3.63, 3.8) is 0 Å². The van der Waals surface area contributed by atoms with Gasteiger partial charge in [-0.05, 0) is 30.3 Å². The highest BCUT2D eigenvalue weighted by Crippen LogP contribution is 2.30. The molecule has 0 aliphatic heterocycles. The van der Waals surface area contributed by atoms with Gasteiger partial charge >= 0.3 is 0 Å². The molecule has 1 heterocycles. The molecule has 0 unspecified atom stereocenters. The second-order valence-corrected chi connectivity index (χ2v) is 8.10. The van der Waals surface area contributed by atoms with Gasteiger partial charge in [0.1, 0.15) is 10.8 Å². The predicted molar refractivity (Wildman–Crippen MR) is 124 cm³/mol. The highest BCUT2D eigenvalue weighted by Gasteiger charge is 2.10. The predicted octanol–water partition coefficient (Wildman–Crippen LogP) is 6.80. The number of carbonyl (C=O) groups excluding carboxylic acids is 1. The summed E-state index contributed by atoms with van der Waals surface area (Å²) < 4.78 is 5.48. The van der Waals surface area contributed by atoms with Gasteiger partial charge in [-0.15, -0.1) is 11.3 Å². The van der Waals surface area contributed by atoms with Crippen LogP contribution in [0.25, 0.3) is 21.8 Å². The fraction of sp³-hybridized carbons (Fsp3) is 0.0435. The molecular formula is C23H16Cl2N2O2S. The number of halogens is 2. The van der Waals surface area contributed by atoms with E-state index in [0.717, 1.165) is 21.8 Å². The molecule has 3 aromatic carbocycles. The van der Waals surface area contributed by atoms with Gasteiger partial charge < -0.3 is 10.1 Å². The van der Waals surface area contributed by atoms with E-state index in [1.165, 1.54) is 0 Å². The summed E-state index contributed by atoms with van der Waals surface area (Å²) in [5.41, 5.74) is 3.53. The smallest absolute Gasteiger partial charge is 0.262 e. The van der Waals surface area contributed by atoms with E-state index in [9.17, 15) is 4.79 Å². The molecule has 0 bridgehead atoms. The Labute approximate surface area is 188 Å². The normalized spacial score (nSPS) is 10.6. The Kier molecular flexibility index (Phi) is 6.33. The van der Waals surface area contributed by atoms with Gasteiger partial charge in [-0.3, -0.25) is 4.79 Å². The number of nitrogens with zero attached hydrogens (tertiary/aromatic N) is 1. The minimum Gasteiger partial charge on any atom is -0.482 e. The van der Waals surface area contributed by atoms with Crippen LogP contribution in [-0.2, 0) is 4.79 Å². The standard InChI is InChI=1S/C23H16Cl2N2O2S/c24-17-9-10-21(19(25)12-17)29-13-22(28)26-18-8-4-7-16(11-18)20-14-30-23(27-20)15-5-2-1-3-6-15/h1-12,14H,13H2,(H,26,28). The highest BCUT2D eigenvalue weighted by atomic mass is 35.5. The van der Waals surface area contributed by atoms with E-state index < -0.39 is 0 Å². The van der Waals surface area contributed by atoms with Gasteiger partial charge in [0.2, 0.25) is 0 Å². The number of amides is 1. The maximum atomic E-state index is 12.3. The number of rotatable bonds is 6. The number of ether oxygens (including phenoxy) is 1. The van der Waals surface area contributed by atoms with Crippen molar-refractivity contribution in [2.45, 2.75) is 0 Å². The van der Waals surface area contributed by atoms with E-state index in [1.807, 2.05) is 60.0 Å². The first-order valence-electron chi connectivity index (χ1n) is 9.07. The van der Waals surface area contributed by atoms with Crippen LogP contribution < -0.4 is 10.1 Å². The van der Waals surface area contributed by atoms with Crippen molar-refractivity contribution in [1.29, 1.82) is 0 Å². The number of hydrogen-bond acceptors (Lipinski definition) is 4. The van der Waals surface area contributed by atoms with Crippen molar-refractivity contribution in [2.24, 2.45) is 0 Å². The zero-order chi connectivity index (χ0) is 20.9. The molecule has 0 atom stereocenters. The minimum atomic E-state index is -0.290. The third-order valence-electron chi connectivity index (χ3n) is 4.22. The summed E-state index contributed by atoms with van der Waals surface area (Å²) in [6, 6.07) is 22.4. The average molecular weight is 455 g/mol. The van der Waals surface area contributed by atoms with Gasteiger partial charge in [-0.1, -0.05) is 65.7 Å². The van der Waals surface area contributed by atoms with E-state index >= 15 is 0 Å². The van der Waals surface area contributed by atoms with Crippen LogP contribution in [0.2, 0.25) is 10.0 Å². The lowest BCUT2D eigenvalue weighted by molar-refractivity contribution is -0.118. The largest absolute Gasteiger partial charge is 0.482 e. The van der Waals surface area contributed by atoms with Gasteiger partial charge in [0.05, 0.1) is 10.7 Å². The Bertz CT molecular complexity index is 1180. The molecule has 0 fully saturated rings. The van der Waals surface area contributed by atoms with Crippen LogP contribution in [0.15, 0.2) is 78.2 Å². The lowest BCUT2D eigenvalue weighted by Gasteiger charge is -2.09. The molecule has 30 heavy (non-hydrogen) atoms. The molecule has 0 saturated carbocycles. The third-order valence-corrected chi connectivity index (χ3v) is 5.64. The molecule has 1 aromatic heterocycles. The van der Waals surface area contributed by atoms with E-state index in [0.29, 0.717) is 21.5 Å². The first kappa shape index (κ1) is 20.4. The van der Waals surface area contributed by atoms with Crippen molar-refractivity contribution >= 4 is 46.1 Å². The molecule has 0 radical (unpaired) electrons. The first-order chi connectivity index (χ1) is 14.6. The zero-order valence-electron chi connectivity index (χ0n) is 15.6. The summed E-state index contributed by atoms with van der Waals surface area (Å²) in [5.74, 6) is 0.113. The fourth-order valence-corrected chi connectivity index (χ4v) is 4.11. The number of aromatic nitrogens is 1. The molecular weight excluding hydrogens is 439 g/mol. The van der Waals surface area contributed by atoms with E-state index in [2.05, 4.69) is 5.32 Å². The van der Waals surface area contributed by atoms with Crippen molar-refractivity contribution in [1.82, 2.24) is 4.98 Å². The molecule has 7 heteroatoms. The van der Waals surface area contributed by atoms with Gasteiger partial charge in [0.25, 0.3) is 5.91 Å². The van der Waals surface area contributed by atoms with E-state index in [4.69, 9.17) is 32.9 Å². The summed E-state index contributed by atoms with van der Waals surface area (Å²) >= 11 is 13.5. The zero-order valence-corrected chi connectivity index (χ0v) is 18.0. The lowest BCUT2D eigenvalue weighted by atomic mass is 10.1. The molecule has 4 aromatic rings. The van der Waals surface area contributed by atoms with Crippen LogP contribution in [-0.4, -0.2) is 17.5 Å². The topological polar surface area (TPSA) is 51.2 Å². The van der Waals surface area contributed by atoms with Crippen molar-refractivity contribution in [2.75, 3.05) is 11.9 Å². The second-order valence-electron chi connectivity index (χ2n) is 6.40. The second kappa shape index (κ2) is 9.30. The quantitative estimate of drug-likeness (QED) is 0.348. The number of hydrogen-bond donors (Lipinski definition) is 1. The monoisotopic (exact) mass is 454 g/mol. The molecule has 4 rings (SSSR count). The summed E-state index contributed by atoms with van der Waals surface area (Å²) in [5, 5.41) is 6.66. The molecule has 1 N–H and O–H groups in total. The molecule has 0 spiro atoms.